The minimum atomic E-state index is -0.390. The Balaban J connectivity index is 1.22. The van der Waals surface area contributed by atoms with Crippen molar-refractivity contribution in [3.63, 3.8) is 0 Å². The van der Waals surface area contributed by atoms with Gasteiger partial charge < -0.3 is 10.6 Å². The zero-order valence-corrected chi connectivity index (χ0v) is 23.5. The van der Waals surface area contributed by atoms with Crippen LogP contribution >= 0.6 is 0 Å². The van der Waals surface area contributed by atoms with Gasteiger partial charge in [-0.05, 0) is 47.2 Å². The molecule has 0 spiro atoms. The van der Waals surface area contributed by atoms with Gasteiger partial charge in [0.05, 0.1) is 11.4 Å². The number of carbonyl (C=O) groups excluding carboxylic acids is 4. The first-order valence-electron chi connectivity index (χ1n) is 14.0. The van der Waals surface area contributed by atoms with Gasteiger partial charge >= 0.3 is 0 Å². The normalized spacial score (nSPS) is 10.6. The maximum absolute atomic E-state index is 13.3. The molecule has 6 heteroatoms. The smallest absolute Gasteiger partial charge is 0.255 e. The van der Waals surface area contributed by atoms with E-state index in [0.717, 1.165) is 10.8 Å². The van der Waals surface area contributed by atoms with Crippen molar-refractivity contribution < 1.29 is 19.2 Å². The van der Waals surface area contributed by atoms with Crippen molar-refractivity contribution >= 4 is 45.5 Å². The molecule has 212 valence electrons. The maximum atomic E-state index is 13.3. The third kappa shape index (κ3) is 6.05. The Hall–Kier alpha value is -6.14. The molecule has 44 heavy (non-hydrogen) atoms. The van der Waals surface area contributed by atoms with Crippen LogP contribution in [0.3, 0.4) is 0 Å². The fraction of sp³-hybridized carbons (Fsp3) is 0. The molecule has 6 aromatic rings. The quantitative estimate of drug-likeness (QED) is 0.181. The van der Waals surface area contributed by atoms with Crippen LogP contribution in [0.5, 0.6) is 0 Å². The van der Waals surface area contributed by atoms with Gasteiger partial charge in [-0.25, -0.2) is 0 Å². The number of ketones is 2. The molecule has 0 fully saturated rings. The van der Waals surface area contributed by atoms with E-state index >= 15 is 0 Å². The van der Waals surface area contributed by atoms with Crippen LogP contribution in [-0.4, -0.2) is 23.4 Å². The van der Waals surface area contributed by atoms with E-state index in [4.69, 9.17) is 0 Å². The van der Waals surface area contributed by atoms with Crippen molar-refractivity contribution in [3.8, 4) is 0 Å². The number of benzene rings is 6. The highest BCUT2D eigenvalue weighted by atomic mass is 16.2. The first-order valence-corrected chi connectivity index (χ1v) is 14.0. The number of hydrogen-bond donors (Lipinski definition) is 2. The fourth-order valence-electron chi connectivity index (χ4n) is 4.89. The molecule has 0 aliphatic heterocycles. The Bertz CT molecular complexity index is 1850. The first-order chi connectivity index (χ1) is 21.5. The van der Waals surface area contributed by atoms with Gasteiger partial charge in [0.25, 0.3) is 11.8 Å². The topological polar surface area (TPSA) is 92.3 Å². The Morgan fingerprint density at radius 1 is 0.341 bits per heavy atom. The molecule has 2 N–H and O–H groups in total. The van der Waals surface area contributed by atoms with Crippen LogP contribution in [0.25, 0.3) is 10.8 Å². The molecule has 0 aliphatic carbocycles. The van der Waals surface area contributed by atoms with Crippen LogP contribution in [0.1, 0.15) is 52.6 Å². The standard InChI is InChI=1S/C38H26N2O4/c41-35(25-9-3-1-4-10-25)27-15-19-29(20-16-27)37(43)39-33-23-31-13-7-8-14-32(31)24-34(33)40-38(44)30-21-17-28(18-22-30)36(42)26-11-5-2-6-12-26/h1-24H,(H,39,43)(H,40,44). The van der Waals surface area contributed by atoms with E-state index in [0.29, 0.717) is 44.8 Å². The van der Waals surface area contributed by atoms with E-state index < -0.39 is 11.8 Å². The lowest BCUT2D eigenvalue weighted by atomic mass is 10.0. The van der Waals surface area contributed by atoms with E-state index in [1.165, 1.54) is 0 Å². The molecule has 0 heterocycles. The molecule has 0 saturated carbocycles. The lowest BCUT2D eigenvalue weighted by molar-refractivity contribution is 0.101. The lowest BCUT2D eigenvalue weighted by Crippen LogP contribution is -2.17. The van der Waals surface area contributed by atoms with E-state index in [-0.39, 0.29) is 11.6 Å². The first kappa shape index (κ1) is 28.0. The second-order valence-corrected chi connectivity index (χ2v) is 10.2. The summed E-state index contributed by atoms with van der Waals surface area (Å²) in [6.07, 6.45) is 0. The predicted octanol–water partition coefficient (Wildman–Crippen LogP) is 7.81. The summed E-state index contributed by atoms with van der Waals surface area (Å²) in [6, 6.07) is 42.0. The molecule has 0 radical (unpaired) electrons. The summed E-state index contributed by atoms with van der Waals surface area (Å²) in [6.45, 7) is 0. The van der Waals surface area contributed by atoms with Gasteiger partial charge in [-0.1, -0.05) is 109 Å². The second-order valence-electron chi connectivity index (χ2n) is 10.2. The summed E-state index contributed by atoms with van der Waals surface area (Å²) in [5, 5.41) is 7.60. The third-order valence-electron chi connectivity index (χ3n) is 7.27. The van der Waals surface area contributed by atoms with E-state index in [2.05, 4.69) is 10.6 Å². The van der Waals surface area contributed by atoms with Crippen molar-refractivity contribution in [1.82, 2.24) is 0 Å². The van der Waals surface area contributed by atoms with E-state index in [1.807, 2.05) is 36.4 Å². The lowest BCUT2D eigenvalue weighted by Gasteiger charge is -2.15. The highest BCUT2D eigenvalue weighted by Crippen LogP contribution is 2.30. The molecule has 0 atom stereocenters. The van der Waals surface area contributed by atoms with Crippen molar-refractivity contribution in [3.05, 3.63) is 179 Å². The number of amides is 2. The van der Waals surface area contributed by atoms with Gasteiger partial charge in [0.15, 0.2) is 11.6 Å². The molecule has 6 aromatic carbocycles. The van der Waals surface area contributed by atoms with Gasteiger partial charge in [0.2, 0.25) is 0 Å². The molecule has 0 bridgehead atoms. The van der Waals surface area contributed by atoms with Crippen molar-refractivity contribution in [2.75, 3.05) is 10.6 Å². The molecule has 6 rings (SSSR count). The summed E-state index contributed by atoms with van der Waals surface area (Å²) >= 11 is 0. The second kappa shape index (κ2) is 12.4. The Labute approximate surface area is 254 Å². The van der Waals surface area contributed by atoms with Crippen LogP contribution in [0.15, 0.2) is 146 Å². The SMILES string of the molecule is O=C(Nc1cc2ccccc2cc1NC(=O)c1ccc(C(=O)c2ccccc2)cc1)c1ccc(C(=O)c2ccccc2)cc1. The minimum Gasteiger partial charge on any atom is -0.320 e. The average molecular weight is 575 g/mol. The van der Waals surface area contributed by atoms with Crippen molar-refractivity contribution in [2.45, 2.75) is 0 Å². The monoisotopic (exact) mass is 574 g/mol. The van der Waals surface area contributed by atoms with Crippen LogP contribution in [0.2, 0.25) is 0 Å². The highest BCUT2D eigenvalue weighted by molar-refractivity contribution is 6.14. The van der Waals surface area contributed by atoms with Crippen molar-refractivity contribution in [1.29, 1.82) is 0 Å². The average Bonchev–Trinajstić information content (AvgIpc) is 3.08. The molecule has 6 nitrogen and oxygen atoms in total. The minimum absolute atomic E-state index is 0.130. The summed E-state index contributed by atoms with van der Waals surface area (Å²) in [4.78, 5) is 52.1. The number of fused-ring (bicyclic) bond motifs is 1. The molecule has 0 unspecified atom stereocenters. The molecular weight excluding hydrogens is 548 g/mol. The number of carbonyl (C=O) groups is 4. The largest absolute Gasteiger partial charge is 0.320 e. The van der Waals surface area contributed by atoms with Crippen LogP contribution < -0.4 is 10.6 Å². The fourth-order valence-corrected chi connectivity index (χ4v) is 4.89. The molecule has 0 aromatic heterocycles. The Morgan fingerprint density at radius 3 is 1.00 bits per heavy atom. The summed E-state index contributed by atoms with van der Waals surface area (Å²) in [5.74, 6) is -1.04. The summed E-state index contributed by atoms with van der Waals surface area (Å²) in [5.41, 5.74) is 3.64. The van der Waals surface area contributed by atoms with Gasteiger partial charge in [-0.3, -0.25) is 19.2 Å². The molecule has 2 amide bonds. The zero-order chi connectivity index (χ0) is 30.5. The van der Waals surface area contributed by atoms with Gasteiger partial charge in [-0.2, -0.15) is 0 Å². The molecular formula is C38H26N2O4. The summed E-state index contributed by atoms with van der Waals surface area (Å²) in [7, 11) is 0. The van der Waals surface area contributed by atoms with Crippen LogP contribution in [0.4, 0.5) is 11.4 Å². The Kier molecular flexibility index (Phi) is 7.88. The maximum Gasteiger partial charge on any atom is 0.255 e. The van der Waals surface area contributed by atoms with Crippen molar-refractivity contribution in [2.24, 2.45) is 0 Å². The highest BCUT2D eigenvalue weighted by Gasteiger charge is 2.16. The zero-order valence-electron chi connectivity index (χ0n) is 23.5. The summed E-state index contributed by atoms with van der Waals surface area (Å²) < 4.78 is 0. The third-order valence-corrected chi connectivity index (χ3v) is 7.27. The number of nitrogens with one attached hydrogen (secondary N) is 2. The van der Waals surface area contributed by atoms with Crippen LogP contribution in [0, 0.1) is 0 Å². The van der Waals surface area contributed by atoms with E-state index in [9.17, 15) is 19.2 Å². The molecule has 0 aliphatic rings. The number of hydrogen-bond acceptors (Lipinski definition) is 4. The number of anilines is 2. The van der Waals surface area contributed by atoms with Gasteiger partial charge in [-0.15, -0.1) is 0 Å². The predicted molar refractivity (Wildman–Crippen MR) is 172 cm³/mol. The van der Waals surface area contributed by atoms with E-state index in [1.54, 1.807) is 109 Å². The van der Waals surface area contributed by atoms with Crippen LogP contribution in [-0.2, 0) is 0 Å². The van der Waals surface area contributed by atoms with Gasteiger partial charge in [0.1, 0.15) is 0 Å². The Morgan fingerprint density at radius 2 is 0.636 bits per heavy atom. The van der Waals surface area contributed by atoms with Gasteiger partial charge in [0, 0.05) is 33.4 Å². The number of rotatable bonds is 8. The molecule has 0 saturated heterocycles.